The van der Waals surface area contributed by atoms with Crippen LogP contribution >= 0.6 is 0 Å². The lowest BCUT2D eigenvalue weighted by molar-refractivity contribution is -0.136. The van der Waals surface area contributed by atoms with E-state index < -0.39 is 5.60 Å². The zero-order valence-electron chi connectivity index (χ0n) is 14.8. The molecule has 6 nitrogen and oxygen atoms in total. The number of ether oxygens (including phenoxy) is 1. The molecule has 0 saturated carbocycles. The van der Waals surface area contributed by atoms with Crippen LogP contribution in [-0.2, 0) is 16.1 Å². The van der Waals surface area contributed by atoms with Gasteiger partial charge in [-0.2, -0.15) is 0 Å². The third kappa shape index (κ3) is 4.34. The Labute approximate surface area is 148 Å². The lowest BCUT2D eigenvalue weighted by atomic mass is 9.99. The molecule has 1 aromatic carbocycles. The maximum atomic E-state index is 12.1. The summed E-state index contributed by atoms with van der Waals surface area (Å²) in [6.07, 6.45) is 1.88. The topological polar surface area (TPSA) is 65.9 Å². The number of hydrogen-bond acceptors (Lipinski definition) is 5. The molecule has 0 unspecified atom stereocenters. The first-order chi connectivity index (χ1) is 12.0. The van der Waals surface area contributed by atoms with E-state index in [1.54, 1.807) is 14.1 Å². The summed E-state index contributed by atoms with van der Waals surface area (Å²) in [5.74, 6) is -0.0951. The monoisotopic (exact) mass is 343 g/mol. The molecule has 1 aliphatic heterocycles. The van der Waals surface area contributed by atoms with Gasteiger partial charge in [0.15, 0.2) is 0 Å². The fourth-order valence-electron chi connectivity index (χ4n) is 3.21. The first kappa shape index (κ1) is 17.8. The van der Waals surface area contributed by atoms with Crippen LogP contribution in [0.15, 0.2) is 36.5 Å². The fraction of sp³-hybridized carbons (Fsp3) is 0.474. The maximum Gasteiger partial charge on any atom is 0.225 e. The summed E-state index contributed by atoms with van der Waals surface area (Å²) in [5.41, 5.74) is 0.957. The lowest BCUT2D eigenvalue weighted by Crippen LogP contribution is -2.47. The molecule has 0 bridgehead atoms. The molecule has 1 N–H and O–H groups in total. The van der Waals surface area contributed by atoms with Gasteiger partial charge < -0.3 is 14.7 Å². The van der Waals surface area contributed by atoms with Gasteiger partial charge in [0.2, 0.25) is 5.91 Å². The van der Waals surface area contributed by atoms with Gasteiger partial charge in [-0.1, -0.05) is 18.2 Å². The van der Waals surface area contributed by atoms with E-state index in [0.717, 1.165) is 23.0 Å². The molecule has 1 aliphatic rings. The predicted molar refractivity (Wildman–Crippen MR) is 96.1 cm³/mol. The van der Waals surface area contributed by atoms with E-state index in [1.165, 1.54) is 4.90 Å². The Morgan fingerprint density at radius 2 is 2.16 bits per heavy atom. The van der Waals surface area contributed by atoms with E-state index >= 15 is 0 Å². The van der Waals surface area contributed by atoms with Crippen molar-refractivity contribution in [2.75, 3.05) is 40.4 Å². The minimum absolute atomic E-state index is 0.0631. The van der Waals surface area contributed by atoms with Crippen LogP contribution in [0.3, 0.4) is 0 Å². The maximum absolute atomic E-state index is 12.1. The minimum Gasteiger partial charge on any atom is -0.386 e. The number of aromatic nitrogens is 1. The van der Waals surface area contributed by atoms with Crippen molar-refractivity contribution in [3.05, 3.63) is 42.1 Å². The molecule has 1 fully saturated rings. The van der Waals surface area contributed by atoms with E-state index in [-0.39, 0.29) is 18.9 Å². The van der Waals surface area contributed by atoms with Crippen LogP contribution in [0.1, 0.15) is 12.0 Å². The van der Waals surface area contributed by atoms with Crippen LogP contribution in [0, 0.1) is 0 Å². The molecule has 3 rings (SSSR count). The fourth-order valence-corrected chi connectivity index (χ4v) is 3.21. The van der Waals surface area contributed by atoms with Gasteiger partial charge in [-0.05, 0) is 17.7 Å². The van der Waals surface area contributed by atoms with Crippen molar-refractivity contribution in [2.24, 2.45) is 0 Å². The number of aliphatic hydroxyl groups is 1. The van der Waals surface area contributed by atoms with Crippen LogP contribution in [0.4, 0.5) is 0 Å². The molecule has 6 heteroatoms. The van der Waals surface area contributed by atoms with Gasteiger partial charge in [0, 0.05) is 45.3 Å². The van der Waals surface area contributed by atoms with E-state index in [1.807, 2.05) is 30.5 Å². The number of fused-ring (bicyclic) bond motifs is 1. The molecular formula is C19H25N3O3. The van der Waals surface area contributed by atoms with Gasteiger partial charge in [0.25, 0.3) is 0 Å². The predicted octanol–water partition coefficient (Wildman–Crippen LogP) is 1.28. The van der Waals surface area contributed by atoms with Gasteiger partial charge in [-0.3, -0.25) is 14.7 Å². The number of amides is 1. The van der Waals surface area contributed by atoms with Crippen molar-refractivity contribution in [3.8, 4) is 0 Å². The van der Waals surface area contributed by atoms with E-state index in [0.29, 0.717) is 19.7 Å². The highest BCUT2D eigenvalue weighted by atomic mass is 16.5. The molecule has 0 spiro atoms. The quantitative estimate of drug-likeness (QED) is 0.906. The average Bonchev–Trinajstić information content (AvgIpc) is 2.76. The van der Waals surface area contributed by atoms with Crippen LogP contribution < -0.4 is 0 Å². The minimum atomic E-state index is -1.17. The average molecular weight is 343 g/mol. The van der Waals surface area contributed by atoms with Gasteiger partial charge >= 0.3 is 0 Å². The molecule has 0 aliphatic carbocycles. The number of pyridine rings is 1. The summed E-state index contributed by atoms with van der Waals surface area (Å²) in [7, 11) is 3.40. The largest absolute Gasteiger partial charge is 0.386 e. The number of para-hydroxylation sites is 1. The Kier molecular flexibility index (Phi) is 5.32. The number of carbonyl (C=O) groups is 1. The van der Waals surface area contributed by atoms with Crippen LogP contribution in [0.5, 0.6) is 0 Å². The summed E-state index contributed by atoms with van der Waals surface area (Å²) < 4.78 is 5.57. The number of rotatable bonds is 4. The molecule has 2 aromatic rings. The Morgan fingerprint density at radius 3 is 2.96 bits per heavy atom. The molecule has 2 heterocycles. The number of β-amino-alcohol motifs (C(OH)–C–C–N with tert-alkyl or cyclic N) is 1. The Balaban J connectivity index is 1.78. The summed E-state index contributed by atoms with van der Waals surface area (Å²) in [4.78, 5) is 20.1. The highest BCUT2D eigenvalue weighted by molar-refractivity contribution is 5.81. The molecule has 25 heavy (non-hydrogen) atoms. The van der Waals surface area contributed by atoms with Crippen molar-refractivity contribution < 1.29 is 14.6 Å². The van der Waals surface area contributed by atoms with E-state index in [2.05, 4.69) is 16.0 Å². The molecule has 1 atom stereocenters. The first-order valence-electron chi connectivity index (χ1n) is 8.52. The zero-order valence-corrected chi connectivity index (χ0v) is 14.8. The third-order valence-corrected chi connectivity index (χ3v) is 4.55. The smallest absolute Gasteiger partial charge is 0.225 e. The second-order valence-corrected chi connectivity index (χ2v) is 6.94. The summed E-state index contributed by atoms with van der Waals surface area (Å²) in [6.45, 7) is 2.53. The zero-order chi connectivity index (χ0) is 17.9. The van der Waals surface area contributed by atoms with Crippen LogP contribution in [0.25, 0.3) is 10.9 Å². The second kappa shape index (κ2) is 7.47. The summed E-state index contributed by atoms with van der Waals surface area (Å²) in [6, 6.07) is 10.1. The molecule has 0 radical (unpaired) electrons. The lowest BCUT2D eigenvalue weighted by Gasteiger charge is -2.31. The standard InChI is InChI=1S/C19H25N3O3/c1-21(2)18(23)11-19(24)13-22(9-10-25-14-19)12-15-7-8-20-17-6-4-3-5-16(15)17/h3-8,24H,9-14H2,1-2H3/t19-/m1/s1. The molecule has 1 amide bonds. The Morgan fingerprint density at radius 1 is 1.36 bits per heavy atom. The second-order valence-electron chi connectivity index (χ2n) is 6.94. The summed E-state index contributed by atoms with van der Waals surface area (Å²) in [5, 5.41) is 12.0. The van der Waals surface area contributed by atoms with Gasteiger partial charge in [0.1, 0.15) is 5.60 Å². The Hall–Kier alpha value is -2.02. The number of benzene rings is 1. The van der Waals surface area contributed by atoms with Crippen LogP contribution in [0.2, 0.25) is 0 Å². The Bertz CT molecular complexity index is 744. The van der Waals surface area contributed by atoms with Crippen molar-refractivity contribution >= 4 is 16.8 Å². The molecule has 1 saturated heterocycles. The van der Waals surface area contributed by atoms with Crippen molar-refractivity contribution in [1.29, 1.82) is 0 Å². The third-order valence-electron chi connectivity index (χ3n) is 4.55. The normalized spacial score (nSPS) is 21.9. The van der Waals surface area contributed by atoms with Crippen molar-refractivity contribution in [3.63, 3.8) is 0 Å². The van der Waals surface area contributed by atoms with E-state index in [4.69, 9.17) is 4.74 Å². The molecular weight excluding hydrogens is 318 g/mol. The van der Waals surface area contributed by atoms with Crippen LogP contribution in [-0.4, -0.2) is 71.8 Å². The highest BCUT2D eigenvalue weighted by Gasteiger charge is 2.35. The highest BCUT2D eigenvalue weighted by Crippen LogP contribution is 2.22. The molecule has 1 aromatic heterocycles. The van der Waals surface area contributed by atoms with Gasteiger partial charge in [-0.25, -0.2) is 0 Å². The van der Waals surface area contributed by atoms with Crippen molar-refractivity contribution in [2.45, 2.75) is 18.6 Å². The summed E-state index contributed by atoms with van der Waals surface area (Å²) >= 11 is 0. The SMILES string of the molecule is CN(C)C(=O)C[C@]1(O)COCCN(Cc2ccnc3ccccc23)C1. The van der Waals surface area contributed by atoms with Gasteiger partial charge in [-0.15, -0.1) is 0 Å². The first-order valence-corrected chi connectivity index (χ1v) is 8.52. The van der Waals surface area contributed by atoms with E-state index in [9.17, 15) is 9.90 Å². The molecule has 134 valence electrons. The van der Waals surface area contributed by atoms with Gasteiger partial charge in [0.05, 0.1) is 25.2 Å². The number of nitrogens with zero attached hydrogens (tertiary/aromatic N) is 3. The number of hydrogen-bond donors (Lipinski definition) is 1. The van der Waals surface area contributed by atoms with Crippen molar-refractivity contribution in [1.82, 2.24) is 14.8 Å². The number of carbonyl (C=O) groups excluding carboxylic acids is 1.